The number of unbranched alkanes of at least 4 members (excludes halogenated alkanes) is 1. The second kappa shape index (κ2) is 8.26. The SMILES string of the molecule is Cc1cccc(CCC(C)NCCCCN)c1. The zero-order valence-electron chi connectivity index (χ0n) is 11.2. The predicted molar refractivity (Wildman–Crippen MR) is 75.3 cm³/mol. The van der Waals surface area contributed by atoms with E-state index < -0.39 is 0 Å². The summed E-state index contributed by atoms with van der Waals surface area (Å²) in [5.74, 6) is 0. The summed E-state index contributed by atoms with van der Waals surface area (Å²) in [6.45, 7) is 6.31. The third-order valence-electron chi connectivity index (χ3n) is 3.07. The topological polar surface area (TPSA) is 38.0 Å². The van der Waals surface area contributed by atoms with Crippen LogP contribution in [0.3, 0.4) is 0 Å². The highest BCUT2D eigenvalue weighted by molar-refractivity contribution is 5.22. The number of rotatable bonds is 8. The van der Waals surface area contributed by atoms with Gasteiger partial charge in [-0.05, 0) is 58.2 Å². The van der Waals surface area contributed by atoms with E-state index in [1.165, 1.54) is 24.0 Å². The molecule has 0 heterocycles. The summed E-state index contributed by atoms with van der Waals surface area (Å²) in [5.41, 5.74) is 8.26. The minimum atomic E-state index is 0.591. The molecule has 0 amide bonds. The van der Waals surface area contributed by atoms with Gasteiger partial charge in [0.15, 0.2) is 0 Å². The highest BCUT2D eigenvalue weighted by Crippen LogP contribution is 2.08. The maximum Gasteiger partial charge on any atom is 0.00418 e. The van der Waals surface area contributed by atoms with Crippen LogP contribution in [0.1, 0.15) is 37.3 Å². The van der Waals surface area contributed by atoms with Crippen LogP contribution in [0.15, 0.2) is 24.3 Å². The number of hydrogen-bond acceptors (Lipinski definition) is 2. The molecule has 0 aliphatic rings. The molecule has 0 saturated heterocycles. The Kier molecular flexibility index (Phi) is 6.90. The summed E-state index contributed by atoms with van der Waals surface area (Å²) >= 11 is 0. The van der Waals surface area contributed by atoms with E-state index >= 15 is 0 Å². The van der Waals surface area contributed by atoms with Gasteiger partial charge in [0.05, 0.1) is 0 Å². The minimum absolute atomic E-state index is 0.591. The fourth-order valence-electron chi connectivity index (χ4n) is 1.97. The molecule has 0 aliphatic carbocycles. The van der Waals surface area contributed by atoms with Crippen LogP contribution in [-0.4, -0.2) is 19.1 Å². The first kappa shape index (κ1) is 14.2. The molecule has 0 radical (unpaired) electrons. The van der Waals surface area contributed by atoms with Crippen molar-refractivity contribution in [2.75, 3.05) is 13.1 Å². The third kappa shape index (κ3) is 6.44. The molecule has 3 N–H and O–H groups in total. The zero-order chi connectivity index (χ0) is 12.5. The minimum Gasteiger partial charge on any atom is -0.330 e. The Hall–Kier alpha value is -0.860. The first-order valence-corrected chi connectivity index (χ1v) is 6.71. The van der Waals surface area contributed by atoms with Crippen molar-refractivity contribution in [1.82, 2.24) is 5.32 Å². The van der Waals surface area contributed by atoms with Gasteiger partial charge in [-0.1, -0.05) is 29.8 Å². The van der Waals surface area contributed by atoms with Crippen molar-refractivity contribution in [2.45, 2.75) is 45.6 Å². The van der Waals surface area contributed by atoms with E-state index in [0.29, 0.717) is 6.04 Å². The van der Waals surface area contributed by atoms with Crippen molar-refractivity contribution in [3.05, 3.63) is 35.4 Å². The van der Waals surface area contributed by atoms with Gasteiger partial charge in [0.1, 0.15) is 0 Å². The largest absolute Gasteiger partial charge is 0.330 e. The molecule has 1 aromatic rings. The van der Waals surface area contributed by atoms with Crippen LogP contribution in [0.2, 0.25) is 0 Å². The van der Waals surface area contributed by atoms with Gasteiger partial charge in [0.2, 0.25) is 0 Å². The Balaban J connectivity index is 2.17. The molecule has 96 valence electrons. The molecule has 1 rings (SSSR count). The number of nitrogens with two attached hydrogens (primary N) is 1. The van der Waals surface area contributed by atoms with Crippen molar-refractivity contribution in [2.24, 2.45) is 5.73 Å². The Morgan fingerprint density at radius 2 is 2.12 bits per heavy atom. The van der Waals surface area contributed by atoms with E-state index in [9.17, 15) is 0 Å². The van der Waals surface area contributed by atoms with E-state index in [2.05, 4.69) is 43.4 Å². The smallest absolute Gasteiger partial charge is 0.00418 e. The van der Waals surface area contributed by atoms with Gasteiger partial charge in [-0.15, -0.1) is 0 Å². The quantitative estimate of drug-likeness (QED) is 0.679. The standard InChI is InChI=1S/C15H26N2/c1-13-6-5-7-15(12-13)9-8-14(2)17-11-4-3-10-16/h5-7,12,14,17H,3-4,8-11,16H2,1-2H3. The normalized spacial score (nSPS) is 12.6. The van der Waals surface area contributed by atoms with Crippen molar-refractivity contribution in [1.29, 1.82) is 0 Å². The van der Waals surface area contributed by atoms with Crippen LogP contribution >= 0.6 is 0 Å². The monoisotopic (exact) mass is 234 g/mol. The average molecular weight is 234 g/mol. The Morgan fingerprint density at radius 3 is 2.82 bits per heavy atom. The first-order valence-electron chi connectivity index (χ1n) is 6.71. The van der Waals surface area contributed by atoms with Gasteiger partial charge >= 0.3 is 0 Å². The molecule has 1 atom stereocenters. The van der Waals surface area contributed by atoms with Crippen molar-refractivity contribution in [3.63, 3.8) is 0 Å². The summed E-state index contributed by atoms with van der Waals surface area (Å²) in [7, 11) is 0. The average Bonchev–Trinajstić information content (AvgIpc) is 2.32. The maximum absolute atomic E-state index is 5.47. The number of nitrogens with one attached hydrogen (secondary N) is 1. The second-order valence-corrected chi connectivity index (χ2v) is 4.88. The Bertz CT molecular complexity index is 310. The molecule has 2 heteroatoms. The molecule has 0 aliphatic heterocycles. The summed E-state index contributed by atoms with van der Waals surface area (Å²) in [5, 5.41) is 3.55. The van der Waals surface area contributed by atoms with Crippen LogP contribution in [0.4, 0.5) is 0 Å². The molecular formula is C15H26N2. The summed E-state index contributed by atoms with van der Waals surface area (Å²) in [6, 6.07) is 9.38. The lowest BCUT2D eigenvalue weighted by atomic mass is 10.0. The number of hydrogen-bond donors (Lipinski definition) is 2. The molecule has 1 unspecified atom stereocenters. The van der Waals surface area contributed by atoms with Crippen molar-refractivity contribution in [3.8, 4) is 0 Å². The third-order valence-corrected chi connectivity index (χ3v) is 3.07. The van der Waals surface area contributed by atoms with Crippen LogP contribution in [0.25, 0.3) is 0 Å². The molecular weight excluding hydrogens is 208 g/mol. The van der Waals surface area contributed by atoms with Crippen LogP contribution in [0, 0.1) is 6.92 Å². The lowest BCUT2D eigenvalue weighted by molar-refractivity contribution is 0.501. The highest BCUT2D eigenvalue weighted by Gasteiger charge is 2.01. The molecule has 2 nitrogen and oxygen atoms in total. The molecule has 0 aromatic heterocycles. The fraction of sp³-hybridized carbons (Fsp3) is 0.600. The van der Waals surface area contributed by atoms with Crippen molar-refractivity contribution < 1.29 is 0 Å². The molecule has 17 heavy (non-hydrogen) atoms. The van der Waals surface area contributed by atoms with E-state index in [0.717, 1.165) is 25.9 Å². The second-order valence-electron chi connectivity index (χ2n) is 4.88. The molecule has 0 spiro atoms. The molecule has 0 fully saturated rings. The number of aryl methyl sites for hydroxylation is 2. The van der Waals surface area contributed by atoms with Crippen LogP contribution < -0.4 is 11.1 Å². The summed E-state index contributed by atoms with van der Waals surface area (Å²) < 4.78 is 0. The summed E-state index contributed by atoms with van der Waals surface area (Å²) in [6.07, 6.45) is 4.67. The summed E-state index contributed by atoms with van der Waals surface area (Å²) in [4.78, 5) is 0. The van der Waals surface area contributed by atoms with Gasteiger partial charge < -0.3 is 11.1 Å². The lowest BCUT2D eigenvalue weighted by Gasteiger charge is -2.13. The molecule has 0 bridgehead atoms. The molecule has 0 saturated carbocycles. The first-order chi connectivity index (χ1) is 8.22. The van der Waals surface area contributed by atoms with Gasteiger partial charge in [-0.3, -0.25) is 0 Å². The van der Waals surface area contributed by atoms with E-state index in [1.807, 2.05) is 0 Å². The Morgan fingerprint density at radius 1 is 1.29 bits per heavy atom. The van der Waals surface area contributed by atoms with Crippen LogP contribution in [0.5, 0.6) is 0 Å². The maximum atomic E-state index is 5.47. The highest BCUT2D eigenvalue weighted by atomic mass is 14.9. The lowest BCUT2D eigenvalue weighted by Crippen LogP contribution is -2.27. The van der Waals surface area contributed by atoms with E-state index in [1.54, 1.807) is 0 Å². The Labute approximate surface area is 106 Å². The van der Waals surface area contributed by atoms with Gasteiger partial charge in [-0.2, -0.15) is 0 Å². The van der Waals surface area contributed by atoms with Crippen LogP contribution in [-0.2, 0) is 6.42 Å². The van der Waals surface area contributed by atoms with Crippen molar-refractivity contribution >= 4 is 0 Å². The number of benzene rings is 1. The van der Waals surface area contributed by atoms with Gasteiger partial charge in [0, 0.05) is 6.04 Å². The van der Waals surface area contributed by atoms with E-state index in [-0.39, 0.29) is 0 Å². The van der Waals surface area contributed by atoms with Gasteiger partial charge in [0.25, 0.3) is 0 Å². The fourth-order valence-corrected chi connectivity index (χ4v) is 1.97. The zero-order valence-corrected chi connectivity index (χ0v) is 11.2. The molecule has 1 aromatic carbocycles. The van der Waals surface area contributed by atoms with Gasteiger partial charge in [-0.25, -0.2) is 0 Å². The van der Waals surface area contributed by atoms with E-state index in [4.69, 9.17) is 5.73 Å². The predicted octanol–water partition coefficient (Wildman–Crippen LogP) is 2.64.